The topological polar surface area (TPSA) is 104 Å². The second kappa shape index (κ2) is 17.9. The zero-order valence-electron chi connectivity index (χ0n) is 34.7. The summed E-state index contributed by atoms with van der Waals surface area (Å²) in [6.07, 6.45) is 0.830. The highest BCUT2D eigenvalue weighted by Gasteiger charge is 2.51. The summed E-state index contributed by atoms with van der Waals surface area (Å²) in [5.74, 6) is 0.0901. The quantitative estimate of drug-likeness (QED) is 0.0684. The number of piperazine rings is 1. The molecule has 0 aliphatic carbocycles. The van der Waals surface area contributed by atoms with Crippen molar-refractivity contribution in [2.45, 2.75) is 126 Å². The Morgan fingerprint density at radius 1 is 0.857 bits per heavy atom. The van der Waals surface area contributed by atoms with Crippen LogP contribution in [0.3, 0.4) is 0 Å². The Morgan fingerprint density at radius 2 is 1.50 bits per heavy atom. The van der Waals surface area contributed by atoms with Crippen LogP contribution in [0, 0.1) is 0 Å². The maximum Gasteiger partial charge on any atom is 0.411 e. The summed E-state index contributed by atoms with van der Waals surface area (Å²) in [6, 6.07) is 14.3. The van der Waals surface area contributed by atoms with Crippen LogP contribution in [0.2, 0.25) is 18.1 Å². The molecule has 1 fully saturated rings. The number of esters is 1. The molecule has 2 unspecified atom stereocenters. The van der Waals surface area contributed by atoms with Crippen molar-refractivity contribution in [3.05, 3.63) is 70.8 Å². The summed E-state index contributed by atoms with van der Waals surface area (Å²) < 4.78 is 27.6. The molecular formula is C42H59Cl3N2O8Si. The molecule has 14 heteroatoms. The molecule has 310 valence electrons. The van der Waals surface area contributed by atoms with Crippen molar-refractivity contribution in [2.24, 2.45) is 0 Å². The lowest BCUT2D eigenvalue weighted by Gasteiger charge is -2.51. The fourth-order valence-corrected chi connectivity index (χ4v) is 7.65. The average Bonchev–Trinajstić information content (AvgIpc) is 3.07. The van der Waals surface area contributed by atoms with Crippen molar-refractivity contribution in [3.63, 3.8) is 0 Å². The number of fused-ring (bicyclic) bond motifs is 2. The van der Waals surface area contributed by atoms with Crippen molar-refractivity contribution in [3.8, 4) is 5.75 Å². The third-order valence-corrected chi connectivity index (χ3v) is 16.7. The Bertz CT molecular complexity index is 1750. The lowest BCUT2D eigenvalue weighted by Crippen LogP contribution is -2.65. The number of benzene rings is 2. The highest BCUT2D eigenvalue weighted by Crippen LogP contribution is 2.44. The van der Waals surface area contributed by atoms with E-state index in [1.165, 1.54) is 19.4 Å². The maximum atomic E-state index is 14.1. The SMILES string of the molecule is COc1ccccc1CC(=O)OCC1=C(c2ccc(CCCO[Si](C)(C)C(C)(C)C)cc2)CC2CN(C(=O)OC(C)(C)C)CC1N2C(=O)OC(C)(C)C(Cl)(Cl)Cl. The highest BCUT2D eigenvalue weighted by molar-refractivity contribution is 6.74. The number of rotatable bonds is 12. The van der Waals surface area contributed by atoms with E-state index in [2.05, 4.69) is 58.1 Å². The molecular weight excluding hydrogens is 795 g/mol. The van der Waals surface area contributed by atoms with E-state index in [-0.39, 0.29) is 31.2 Å². The summed E-state index contributed by atoms with van der Waals surface area (Å²) in [5, 5.41) is 0.149. The first kappa shape index (κ1) is 45.7. The molecule has 2 amide bonds. The number of aryl methyl sites for hydroxylation is 1. The van der Waals surface area contributed by atoms with E-state index >= 15 is 0 Å². The van der Waals surface area contributed by atoms with E-state index in [1.807, 2.05) is 12.1 Å². The molecule has 2 heterocycles. The van der Waals surface area contributed by atoms with Gasteiger partial charge in [-0.25, -0.2) is 9.59 Å². The normalized spacial score (nSPS) is 18.1. The van der Waals surface area contributed by atoms with Gasteiger partial charge in [-0.3, -0.25) is 9.69 Å². The predicted octanol–water partition coefficient (Wildman–Crippen LogP) is 10.2. The van der Waals surface area contributed by atoms with Crippen LogP contribution in [0.15, 0.2) is 54.1 Å². The second-order valence-corrected chi connectivity index (χ2v) is 24.7. The minimum atomic E-state index is -1.92. The molecule has 4 rings (SSSR count). The second-order valence-electron chi connectivity index (χ2n) is 17.6. The summed E-state index contributed by atoms with van der Waals surface area (Å²) in [7, 11) is -0.288. The van der Waals surface area contributed by atoms with Gasteiger partial charge in [-0.05, 0) is 100 Å². The van der Waals surface area contributed by atoms with Gasteiger partial charge in [0.2, 0.25) is 3.79 Å². The van der Waals surface area contributed by atoms with Gasteiger partial charge >= 0.3 is 18.2 Å². The van der Waals surface area contributed by atoms with Crippen molar-refractivity contribution in [2.75, 3.05) is 33.4 Å². The number of carbonyl (C=O) groups is 3. The Hall–Kier alpha value is -2.96. The number of ether oxygens (including phenoxy) is 4. The van der Waals surface area contributed by atoms with Gasteiger partial charge in [0.25, 0.3) is 0 Å². The molecule has 0 spiro atoms. The monoisotopic (exact) mass is 852 g/mol. The highest BCUT2D eigenvalue weighted by atomic mass is 35.6. The van der Waals surface area contributed by atoms with E-state index < -0.39 is 53.6 Å². The fraction of sp³-hybridized carbons (Fsp3) is 0.595. The smallest absolute Gasteiger partial charge is 0.411 e. The van der Waals surface area contributed by atoms with Gasteiger partial charge in [0, 0.05) is 25.3 Å². The molecule has 56 heavy (non-hydrogen) atoms. The molecule has 0 saturated carbocycles. The van der Waals surface area contributed by atoms with E-state index in [0.717, 1.165) is 24.0 Å². The number of amides is 2. The number of hydrogen-bond acceptors (Lipinski definition) is 8. The Labute approximate surface area is 349 Å². The minimum absolute atomic E-state index is 0.0268. The standard InChI is InChI=1S/C42H59Cl3N2O8Si/c1-39(2,3)54-37(49)46-25-31-24-32(29-20-18-28(19-21-29)15-14-22-53-56(10,11)40(4,5)6)33(27-52-36(48)23-30-16-12-13-17-35(30)51-9)34(26-46)47(31)38(50)55-41(7,8)42(43,44)45/h12-13,16-21,31,34H,14-15,22-27H2,1-11H3. The van der Waals surface area contributed by atoms with Crippen LogP contribution in [0.1, 0.15) is 84.9 Å². The van der Waals surface area contributed by atoms with Crippen LogP contribution in [0.25, 0.3) is 5.57 Å². The molecule has 2 aromatic carbocycles. The van der Waals surface area contributed by atoms with Crippen molar-refractivity contribution in [1.29, 1.82) is 0 Å². The third-order valence-electron chi connectivity index (χ3n) is 10.8. The number of methoxy groups -OCH3 is 1. The van der Waals surface area contributed by atoms with E-state index in [4.69, 9.17) is 58.2 Å². The molecule has 0 N–H and O–H groups in total. The minimum Gasteiger partial charge on any atom is -0.496 e. The van der Waals surface area contributed by atoms with Crippen LogP contribution in [0.4, 0.5) is 9.59 Å². The Morgan fingerprint density at radius 3 is 2.09 bits per heavy atom. The zero-order valence-corrected chi connectivity index (χ0v) is 38.0. The number of halogens is 3. The summed E-state index contributed by atoms with van der Waals surface area (Å²) in [4.78, 5) is 44.3. The molecule has 2 atom stereocenters. The van der Waals surface area contributed by atoms with Gasteiger partial charge in [-0.1, -0.05) is 98.0 Å². The van der Waals surface area contributed by atoms with Gasteiger partial charge in [0.15, 0.2) is 13.9 Å². The van der Waals surface area contributed by atoms with Crippen molar-refractivity contribution in [1.82, 2.24) is 9.80 Å². The van der Waals surface area contributed by atoms with Gasteiger partial charge in [0.05, 0.1) is 25.6 Å². The van der Waals surface area contributed by atoms with Crippen LogP contribution >= 0.6 is 34.8 Å². The van der Waals surface area contributed by atoms with Crippen LogP contribution in [-0.2, 0) is 36.3 Å². The maximum absolute atomic E-state index is 14.1. The van der Waals surface area contributed by atoms with Gasteiger partial charge < -0.3 is 28.3 Å². The lowest BCUT2D eigenvalue weighted by atomic mass is 9.82. The molecule has 2 bridgehead atoms. The Balaban J connectivity index is 1.70. The first-order valence-electron chi connectivity index (χ1n) is 19.1. The molecule has 10 nitrogen and oxygen atoms in total. The number of nitrogens with zero attached hydrogens (tertiary/aromatic N) is 2. The first-order valence-corrected chi connectivity index (χ1v) is 23.2. The third kappa shape index (κ3) is 11.6. The molecule has 1 saturated heterocycles. The van der Waals surface area contributed by atoms with E-state index in [1.54, 1.807) is 49.8 Å². The predicted molar refractivity (Wildman–Crippen MR) is 225 cm³/mol. The zero-order chi connectivity index (χ0) is 41.9. The van der Waals surface area contributed by atoms with Crippen LogP contribution in [0.5, 0.6) is 5.75 Å². The molecule has 2 aliphatic heterocycles. The van der Waals surface area contributed by atoms with Crippen LogP contribution < -0.4 is 4.74 Å². The molecule has 0 radical (unpaired) electrons. The summed E-state index contributed by atoms with van der Waals surface area (Å²) in [6.45, 7) is 20.5. The average molecular weight is 854 g/mol. The van der Waals surface area contributed by atoms with Crippen molar-refractivity contribution >= 4 is 66.8 Å². The lowest BCUT2D eigenvalue weighted by molar-refractivity contribution is -0.142. The first-order chi connectivity index (χ1) is 25.8. The number of hydrogen-bond donors (Lipinski definition) is 0. The summed E-state index contributed by atoms with van der Waals surface area (Å²) >= 11 is 18.7. The largest absolute Gasteiger partial charge is 0.496 e. The summed E-state index contributed by atoms with van der Waals surface area (Å²) in [5.41, 5.74) is 2.11. The van der Waals surface area contributed by atoms with E-state index in [0.29, 0.717) is 29.9 Å². The Kier molecular flexibility index (Phi) is 14.6. The number of para-hydroxylation sites is 1. The molecule has 0 aromatic heterocycles. The number of alkyl halides is 3. The van der Waals surface area contributed by atoms with Crippen LogP contribution in [-0.4, -0.2) is 96.8 Å². The fourth-order valence-electron chi connectivity index (χ4n) is 6.45. The van der Waals surface area contributed by atoms with E-state index in [9.17, 15) is 14.4 Å². The van der Waals surface area contributed by atoms with Gasteiger partial charge in [-0.2, -0.15) is 0 Å². The molecule has 2 aliphatic rings. The molecule has 2 aromatic rings. The van der Waals surface area contributed by atoms with Gasteiger partial charge in [0.1, 0.15) is 18.0 Å². The number of carbonyl (C=O) groups excluding carboxylic acids is 3. The van der Waals surface area contributed by atoms with Gasteiger partial charge in [-0.15, -0.1) is 0 Å². The van der Waals surface area contributed by atoms with Crippen molar-refractivity contribution < 1.29 is 37.8 Å².